The zero-order valence-electron chi connectivity index (χ0n) is 15.0. The van der Waals surface area contributed by atoms with Crippen molar-refractivity contribution in [2.24, 2.45) is 0 Å². The van der Waals surface area contributed by atoms with Crippen molar-refractivity contribution in [1.29, 1.82) is 0 Å². The molecule has 3 aromatic rings. The molecule has 0 aliphatic heterocycles. The summed E-state index contributed by atoms with van der Waals surface area (Å²) >= 11 is 0. The molecule has 0 aliphatic rings. The fraction of sp³-hybridized carbons (Fsp3) is 0.200. The lowest BCUT2D eigenvalue weighted by Gasteiger charge is -2.14. The van der Waals surface area contributed by atoms with Crippen LogP contribution in [0.2, 0.25) is 0 Å². The van der Waals surface area contributed by atoms with Crippen LogP contribution in [0.15, 0.2) is 61.2 Å². The molecule has 134 valence electrons. The molecule has 1 aromatic heterocycles. The quantitative estimate of drug-likeness (QED) is 0.631. The van der Waals surface area contributed by atoms with E-state index in [9.17, 15) is 4.79 Å². The summed E-state index contributed by atoms with van der Waals surface area (Å²) in [6.07, 6.45) is 5.47. The molecule has 2 aromatic carbocycles. The molecule has 0 saturated heterocycles. The number of rotatable bonds is 6. The number of nitrogens with one attached hydrogen (secondary N) is 3. The third-order valence-corrected chi connectivity index (χ3v) is 4.14. The van der Waals surface area contributed by atoms with E-state index >= 15 is 0 Å². The topological polar surface area (TPSA) is 71.0 Å². The Hall–Kier alpha value is -3.28. The molecule has 6 nitrogen and oxygen atoms in total. The number of urea groups is 1. The third kappa shape index (κ3) is 4.22. The predicted molar refractivity (Wildman–Crippen MR) is 105 cm³/mol. The molecule has 0 spiro atoms. The highest BCUT2D eigenvalue weighted by Crippen LogP contribution is 2.24. The Kier molecular flexibility index (Phi) is 5.53. The maximum absolute atomic E-state index is 11.7. The van der Waals surface area contributed by atoms with Crippen LogP contribution in [0.3, 0.4) is 0 Å². The molecule has 0 saturated carbocycles. The third-order valence-electron chi connectivity index (χ3n) is 4.14. The molecule has 6 heteroatoms. The highest BCUT2D eigenvalue weighted by Gasteiger charge is 2.07. The van der Waals surface area contributed by atoms with Gasteiger partial charge in [0.05, 0.1) is 6.33 Å². The number of benzene rings is 2. The molecule has 0 bridgehead atoms. The SMILES string of the molecule is CCNC(=O)Nc1cccc(NCc2ccc(-n3ccnc3)cc2)c1C. The first-order chi connectivity index (χ1) is 12.7. The Balaban J connectivity index is 1.65. The van der Waals surface area contributed by atoms with Crippen molar-refractivity contribution in [1.82, 2.24) is 14.9 Å². The Morgan fingerprint density at radius 1 is 1.12 bits per heavy atom. The monoisotopic (exact) mass is 349 g/mol. The summed E-state index contributed by atoms with van der Waals surface area (Å²) < 4.78 is 1.97. The van der Waals surface area contributed by atoms with Gasteiger partial charge in [0.25, 0.3) is 0 Å². The van der Waals surface area contributed by atoms with Gasteiger partial charge in [-0.05, 0) is 49.2 Å². The van der Waals surface area contributed by atoms with Crippen molar-refractivity contribution in [3.05, 3.63) is 72.3 Å². The summed E-state index contributed by atoms with van der Waals surface area (Å²) in [5, 5.41) is 9.05. The Labute approximate surface area is 153 Å². The van der Waals surface area contributed by atoms with Crippen LogP contribution in [0.1, 0.15) is 18.1 Å². The largest absolute Gasteiger partial charge is 0.381 e. The predicted octanol–water partition coefficient (Wildman–Crippen LogP) is 3.93. The average Bonchev–Trinajstić information content (AvgIpc) is 3.18. The van der Waals surface area contributed by atoms with Gasteiger partial charge in [-0.25, -0.2) is 9.78 Å². The van der Waals surface area contributed by atoms with Crippen LogP contribution in [0.4, 0.5) is 16.2 Å². The standard InChI is InChI=1S/C20H23N5O/c1-3-22-20(26)24-19-6-4-5-18(15(19)2)23-13-16-7-9-17(10-8-16)25-12-11-21-14-25/h4-12,14,23H,3,13H2,1-2H3,(H2,22,24,26). The van der Waals surface area contributed by atoms with Crippen LogP contribution < -0.4 is 16.0 Å². The summed E-state index contributed by atoms with van der Waals surface area (Å²) in [5.41, 5.74) is 5.06. The summed E-state index contributed by atoms with van der Waals surface area (Å²) in [7, 11) is 0. The van der Waals surface area contributed by atoms with E-state index in [0.717, 1.165) is 22.6 Å². The van der Waals surface area contributed by atoms with Crippen LogP contribution in [0.5, 0.6) is 0 Å². The molecule has 0 unspecified atom stereocenters. The van der Waals surface area contributed by atoms with Gasteiger partial charge in [-0.1, -0.05) is 18.2 Å². The van der Waals surface area contributed by atoms with Gasteiger partial charge in [0, 0.05) is 42.5 Å². The average molecular weight is 349 g/mol. The maximum Gasteiger partial charge on any atom is 0.319 e. The molecule has 3 rings (SSSR count). The first kappa shape index (κ1) is 17.5. The van der Waals surface area contributed by atoms with E-state index in [-0.39, 0.29) is 6.03 Å². The van der Waals surface area contributed by atoms with E-state index in [4.69, 9.17) is 0 Å². The maximum atomic E-state index is 11.7. The molecule has 0 aliphatic carbocycles. The zero-order valence-corrected chi connectivity index (χ0v) is 15.0. The summed E-state index contributed by atoms with van der Waals surface area (Å²) in [6.45, 7) is 5.18. The molecule has 0 radical (unpaired) electrons. The molecular weight excluding hydrogens is 326 g/mol. The van der Waals surface area contributed by atoms with Gasteiger partial charge in [0.15, 0.2) is 0 Å². The number of carbonyl (C=O) groups is 1. The molecule has 26 heavy (non-hydrogen) atoms. The number of nitrogens with zero attached hydrogens (tertiary/aromatic N) is 2. The van der Waals surface area contributed by atoms with Crippen LogP contribution in [-0.4, -0.2) is 22.1 Å². The lowest BCUT2D eigenvalue weighted by Crippen LogP contribution is -2.28. The fourth-order valence-electron chi connectivity index (χ4n) is 2.68. The molecular formula is C20H23N5O. The van der Waals surface area contributed by atoms with E-state index in [0.29, 0.717) is 13.1 Å². The van der Waals surface area contributed by atoms with Gasteiger partial charge in [-0.3, -0.25) is 0 Å². The number of amides is 2. The highest BCUT2D eigenvalue weighted by atomic mass is 16.2. The van der Waals surface area contributed by atoms with Crippen LogP contribution in [-0.2, 0) is 6.54 Å². The lowest BCUT2D eigenvalue weighted by molar-refractivity contribution is 0.252. The number of aromatic nitrogens is 2. The van der Waals surface area contributed by atoms with Gasteiger partial charge >= 0.3 is 6.03 Å². The summed E-state index contributed by atoms with van der Waals surface area (Å²) in [4.78, 5) is 15.8. The minimum atomic E-state index is -0.192. The Morgan fingerprint density at radius 3 is 2.58 bits per heavy atom. The second-order valence-corrected chi connectivity index (χ2v) is 5.95. The van der Waals surface area contributed by atoms with Crippen molar-refractivity contribution < 1.29 is 4.79 Å². The van der Waals surface area contributed by atoms with Crippen LogP contribution >= 0.6 is 0 Å². The summed E-state index contributed by atoms with van der Waals surface area (Å²) in [5.74, 6) is 0. The summed E-state index contributed by atoms with van der Waals surface area (Å²) in [6, 6.07) is 14.0. The lowest BCUT2D eigenvalue weighted by atomic mass is 10.1. The molecule has 0 atom stereocenters. The highest BCUT2D eigenvalue weighted by molar-refractivity contribution is 5.91. The Bertz CT molecular complexity index is 856. The second kappa shape index (κ2) is 8.20. The van der Waals surface area contributed by atoms with Crippen molar-refractivity contribution >= 4 is 17.4 Å². The normalized spacial score (nSPS) is 10.4. The number of imidazole rings is 1. The number of hydrogen-bond donors (Lipinski definition) is 3. The minimum absolute atomic E-state index is 0.192. The van der Waals surface area contributed by atoms with Crippen molar-refractivity contribution in [3.63, 3.8) is 0 Å². The smallest absolute Gasteiger partial charge is 0.319 e. The number of anilines is 2. The number of hydrogen-bond acceptors (Lipinski definition) is 3. The van der Waals surface area contributed by atoms with Gasteiger partial charge in [-0.15, -0.1) is 0 Å². The molecule has 0 fully saturated rings. The zero-order chi connectivity index (χ0) is 18.4. The van der Waals surface area contributed by atoms with Crippen LogP contribution in [0, 0.1) is 6.92 Å². The van der Waals surface area contributed by atoms with E-state index in [1.807, 2.05) is 42.8 Å². The minimum Gasteiger partial charge on any atom is -0.381 e. The van der Waals surface area contributed by atoms with E-state index in [2.05, 4.69) is 45.2 Å². The molecule has 3 N–H and O–H groups in total. The van der Waals surface area contributed by atoms with Crippen molar-refractivity contribution in [2.75, 3.05) is 17.2 Å². The molecule has 2 amide bonds. The first-order valence-electron chi connectivity index (χ1n) is 8.63. The van der Waals surface area contributed by atoms with Gasteiger partial charge in [-0.2, -0.15) is 0 Å². The number of carbonyl (C=O) groups excluding carboxylic acids is 1. The Morgan fingerprint density at radius 2 is 1.88 bits per heavy atom. The van der Waals surface area contributed by atoms with E-state index in [1.54, 1.807) is 12.5 Å². The van der Waals surface area contributed by atoms with Gasteiger partial charge in [0.1, 0.15) is 0 Å². The van der Waals surface area contributed by atoms with E-state index < -0.39 is 0 Å². The fourth-order valence-corrected chi connectivity index (χ4v) is 2.68. The molecule has 1 heterocycles. The second-order valence-electron chi connectivity index (χ2n) is 5.95. The van der Waals surface area contributed by atoms with Crippen LogP contribution in [0.25, 0.3) is 5.69 Å². The first-order valence-corrected chi connectivity index (χ1v) is 8.63. The van der Waals surface area contributed by atoms with Gasteiger partial charge in [0.2, 0.25) is 0 Å². The van der Waals surface area contributed by atoms with E-state index in [1.165, 1.54) is 5.56 Å². The van der Waals surface area contributed by atoms with Crippen molar-refractivity contribution in [3.8, 4) is 5.69 Å². The van der Waals surface area contributed by atoms with Gasteiger partial charge < -0.3 is 20.5 Å². The van der Waals surface area contributed by atoms with Crippen molar-refractivity contribution in [2.45, 2.75) is 20.4 Å².